The molecule has 0 bridgehead atoms. The topological polar surface area (TPSA) is 63.6 Å². The van der Waals surface area contributed by atoms with E-state index in [0.29, 0.717) is 11.4 Å². The number of aromatic amines is 1. The second-order valence-corrected chi connectivity index (χ2v) is 3.52. The van der Waals surface area contributed by atoms with E-state index in [0.717, 1.165) is 11.4 Å². The molecule has 2 heterocycles. The van der Waals surface area contributed by atoms with E-state index in [4.69, 9.17) is 0 Å². The first-order valence-electron chi connectivity index (χ1n) is 4.67. The molecule has 0 aliphatic carbocycles. The molecule has 0 saturated carbocycles. The fourth-order valence-corrected chi connectivity index (χ4v) is 1.35. The smallest absolute Gasteiger partial charge is 0.275 e. The Kier molecular flexibility index (Phi) is 2.15. The maximum absolute atomic E-state index is 11.8. The van der Waals surface area contributed by atoms with Gasteiger partial charge in [-0.1, -0.05) is 0 Å². The van der Waals surface area contributed by atoms with Gasteiger partial charge in [0.1, 0.15) is 6.33 Å². The van der Waals surface area contributed by atoms with Crippen LogP contribution in [0.2, 0.25) is 0 Å². The van der Waals surface area contributed by atoms with E-state index in [1.165, 1.54) is 11.0 Å². The average molecular weight is 204 g/mol. The van der Waals surface area contributed by atoms with Gasteiger partial charge in [-0.15, -0.1) is 0 Å². The van der Waals surface area contributed by atoms with Crippen LogP contribution in [-0.2, 0) is 0 Å². The molecule has 5 nitrogen and oxygen atoms in total. The van der Waals surface area contributed by atoms with Crippen molar-refractivity contribution >= 4 is 0 Å². The molecule has 2 aromatic heterocycles. The van der Waals surface area contributed by atoms with Crippen molar-refractivity contribution in [3.63, 3.8) is 0 Å². The second kappa shape index (κ2) is 3.34. The standard InChI is InChI=1S/C10H12N4O/c1-6-4-9(12-5-11-6)14-10(15)7(2)8(3)13-14/h4-5,13H,1-3H3. The molecular weight excluding hydrogens is 192 g/mol. The molecule has 15 heavy (non-hydrogen) atoms. The number of nitrogens with zero attached hydrogens (tertiary/aromatic N) is 3. The van der Waals surface area contributed by atoms with Crippen LogP contribution in [0.4, 0.5) is 0 Å². The number of aryl methyl sites for hydroxylation is 2. The maximum atomic E-state index is 11.8. The number of hydrogen-bond acceptors (Lipinski definition) is 3. The summed E-state index contributed by atoms with van der Waals surface area (Å²) in [7, 11) is 0. The average Bonchev–Trinajstić information content (AvgIpc) is 2.46. The highest BCUT2D eigenvalue weighted by atomic mass is 16.1. The fourth-order valence-electron chi connectivity index (χ4n) is 1.35. The Morgan fingerprint density at radius 1 is 1.27 bits per heavy atom. The minimum atomic E-state index is -0.0643. The quantitative estimate of drug-likeness (QED) is 0.750. The molecule has 0 amide bonds. The molecule has 5 heteroatoms. The molecule has 0 radical (unpaired) electrons. The minimum Gasteiger partial charge on any atom is -0.294 e. The largest absolute Gasteiger partial charge is 0.294 e. The van der Waals surface area contributed by atoms with E-state index < -0.39 is 0 Å². The van der Waals surface area contributed by atoms with Gasteiger partial charge in [0.05, 0.1) is 0 Å². The highest BCUT2D eigenvalue weighted by Crippen LogP contribution is 2.03. The van der Waals surface area contributed by atoms with Crippen LogP contribution in [-0.4, -0.2) is 19.7 Å². The lowest BCUT2D eigenvalue weighted by atomic mass is 10.3. The molecule has 2 rings (SSSR count). The van der Waals surface area contributed by atoms with Gasteiger partial charge in [0, 0.05) is 23.0 Å². The maximum Gasteiger partial charge on any atom is 0.275 e. The zero-order valence-electron chi connectivity index (χ0n) is 8.90. The highest BCUT2D eigenvalue weighted by molar-refractivity contribution is 5.25. The highest BCUT2D eigenvalue weighted by Gasteiger charge is 2.08. The van der Waals surface area contributed by atoms with Crippen molar-refractivity contribution < 1.29 is 0 Å². The molecule has 0 fully saturated rings. The van der Waals surface area contributed by atoms with Gasteiger partial charge in [0.15, 0.2) is 5.82 Å². The minimum absolute atomic E-state index is 0.0643. The molecule has 78 valence electrons. The molecule has 0 unspecified atom stereocenters. The molecular formula is C10H12N4O. The van der Waals surface area contributed by atoms with Crippen molar-refractivity contribution in [2.24, 2.45) is 0 Å². The Labute approximate surface area is 86.8 Å². The summed E-state index contributed by atoms with van der Waals surface area (Å²) in [5, 5.41) is 2.97. The Balaban J connectivity index is 2.64. The fraction of sp³-hybridized carbons (Fsp3) is 0.300. The summed E-state index contributed by atoms with van der Waals surface area (Å²) in [5.74, 6) is 0.573. The van der Waals surface area contributed by atoms with E-state index in [-0.39, 0.29) is 5.56 Å². The predicted molar refractivity (Wildman–Crippen MR) is 56.2 cm³/mol. The molecule has 0 aliphatic rings. The van der Waals surface area contributed by atoms with Crippen LogP contribution in [0, 0.1) is 20.8 Å². The van der Waals surface area contributed by atoms with E-state index in [1.54, 1.807) is 13.0 Å². The van der Waals surface area contributed by atoms with Gasteiger partial charge in [-0.25, -0.2) is 14.6 Å². The van der Waals surface area contributed by atoms with Crippen LogP contribution in [0.25, 0.3) is 5.82 Å². The third kappa shape index (κ3) is 1.56. The van der Waals surface area contributed by atoms with Crippen molar-refractivity contribution in [2.75, 3.05) is 0 Å². The lowest BCUT2D eigenvalue weighted by molar-refractivity contribution is 0.798. The van der Waals surface area contributed by atoms with Crippen molar-refractivity contribution in [1.29, 1.82) is 0 Å². The Bertz CT molecular complexity index is 553. The van der Waals surface area contributed by atoms with Crippen LogP contribution in [0.5, 0.6) is 0 Å². The summed E-state index contributed by atoms with van der Waals surface area (Å²) in [6, 6.07) is 1.76. The van der Waals surface area contributed by atoms with Gasteiger partial charge in [0.25, 0.3) is 5.56 Å². The van der Waals surface area contributed by atoms with Crippen molar-refractivity contribution in [1.82, 2.24) is 19.7 Å². The number of hydrogen-bond donors (Lipinski definition) is 1. The molecule has 0 aliphatic heterocycles. The Hall–Kier alpha value is -1.91. The lowest BCUT2D eigenvalue weighted by Crippen LogP contribution is -2.17. The summed E-state index contributed by atoms with van der Waals surface area (Å²) >= 11 is 0. The molecule has 0 spiro atoms. The first-order valence-corrected chi connectivity index (χ1v) is 4.67. The zero-order valence-corrected chi connectivity index (χ0v) is 8.90. The van der Waals surface area contributed by atoms with Crippen molar-refractivity contribution in [2.45, 2.75) is 20.8 Å². The summed E-state index contributed by atoms with van der Waals surface area (Å²) < 4.78 is 1.43. The molecule has 0 atom stereocenters. The number of rotatable bonds is 1. The first-order chi connectivity index (χ1) is 7.09. The Morgan fingerprint density at radius 2 is 2.00 bits per heavy atom. The Morgan fingerprint density at radius 3 is 2.53 bits per heavy atom. The third-order valence-corrected chi connectivity index (χ3v) is 2.38. The molecule has 1 N–H and O–H groups in total. The van der Waals surface area contributed by atoms with Gasteiger partial charge >= 0.3 is 0 Å². The van der Waals surface area contributed by atoms with Gasteiger partial charge in [-0.2, -0.15) is 0 Å². The predicted octanol–water partition coefficient (Wildman–Crippen LogP) is 0.881. The van der Waals surface area contributed by atoms with E-state index in [9.17, 15) is 4.79 Å². The van der Waals surface area contributed by atoms with E-state index >= 15 is 0 Å². The van der Waals surface area contributed by atoms with Gasteiger partial charge in [-0.3, -0.25) is 9.89 Å². The van der Waals surface area contributed by atoms with Crippen LogP contribution in [0.3, 0.4) is 0 Å². The van der Waals surface area contributed by atoms with Crippen LogP contribution in [0.15, 0.2) is 17.2 Å². The number of nitrogens with one attached hydrogen (secondary N) is 1. The second-order valence-electron chi connectivity index (χ2n) is 3.52. The SMILES string of the molecule is Cc1cc(-n2[nH]c(C)c(C)c2=O)ncn1. The van der Waals surface area contributed by atoms with E-state index in [1.807, 2.05) is 13.8 Å². The first kappa shape index (κ1) is 9.64. The number of H-pyrrole nitrogens is 1. The van der Waals surface area contributed by atoms with Crippen molar-refractivity contribution in [3.8, 4) is 5.82 Å². The van der Waals surface area contributed by atoms with Gasteiger partial charge in [0.2, 0.25) is 0 Å². The summed E-state index contributed by atoms with van der Waals surface area (Å²) in [4.78, 5) is 19.8. The normalized spacial score (nSPS) is 10.6. The van der Waals surface area contributed by atoms with Crippen LogP contribution >= 0.6 is 0 Å². The van der Waals surface area contributed by atoms with Gasteiger partial charge < -0.3 is 0 Å². The van der Waals surface area contributed by atoms with Crippen molar-refractivity contribution in [3.05, 3.63) is 39.7 Å². The summed E-state index contributed by atoms with van der Waals surface area (Å²) in [6.07, 6.45) is 1.45. The zero-order chi connectivity index (χ0) is 11.0. The summed E-state index contributed by atoms with van der Waals surface area (Å²) in [5.41, 5.74) is 2.34. The third-order valence-electron chi connectivity index (χ3n) is 2.38. The lowest BCUT2D eigenvalue weighted by Gasteiger charge is -2.00. The van der Waals surface area contributed by atoms with E-state index in [2.05, 4.69) is 15.1 Å². The van der Waals surface area contributed by atoms with Crippen LogP contribution < -0.4 is 5.56 Å². The molecule has 0 saturated heterocycles. The van der Waals surface area contributed by atoms with Crippen LogP contribution in [0.1, 0.15) is 17.0 Å². The molecule has 0 aromatic carbocycles. The molecule has 2 aromatic rings. The number of aromatic nitrogens is 4. The van der Waals surface area contributed by atoms with Gasteiger partial charge in [-0.05, 0) is 20.8 Å². The monoisotopic (exact) mass is 204 g/mol. The summed E-state index contributed by atoms with van der Waals surface area (Å²) in [6.45, 7) is 5.51.